The summed E-state index contributed by atoms with van der Waals surface area (Å²) < 4.78 is 0. The number of aliphatic imine (C=N–C) groups is 1. The molecular weight excluding hydrogens is 501 g/mol. The van der Waals surface area contributed by atoms with Crippen LogP contribution in [0.5, 0.6) is 0 Å². The molecule has 5 nitrogen and oxygen atoms in total. The van der Waals surface area contributed by atoms with Crippen molar-refractivity contribution in [3.63, 3.8) is 0 Å². The number of rotatable bonds is 5. The molecule has 2 aliphatic rings. The minimum atomic E-state index is -0.960. The highest BCUT2D eigenvalue weighted by Crippen LogP contribution is 2.43. The van der Waals surface area contributed by atoms with E-state index >= 15 is 0 Å². The molecule has 35 heavy (non-hydrogen) atoms. The van der Waals surface area contributed by atoms with E-state index in [1.807, 2.05) is 24.3 Å². The van der Waals surface area contributed by atoms with Crippen molar-refractivity contribution >= 4 is 64.1 Å². The summed E-state index contributed by atoms with van der Waals surface area (Å²) in [6.07, 6.45) is 7.94. The molecule has 1 aliphatic heterocycles. The van der Waals surface area contributed by atoms with Crippen molar-refractivity contribution in [1.82, 2.24) is 5.32 Å². The number of aromatic carboxylic acids is 1. The third-order valence-corrected chi connectivity index (χ3v) is 7.50. The standard InChI is InChI=1S/C27H29Cl2N3O2S/c1-26(2,3)22(12-10-17-9-11-19(28)16-21(17)29)30-24-27(13-4-5-14-27)32(25(35)31-24)20-8-6-7-18(15-20)23(33)34/h6-12,15-16,22H,4-5,13-14H2,1-3H3,(H,33,34)(H,30,31,35)/b12-10+/t22-/m1/s1. The molecule has 1 aliphatic carbocycles. The minimum absolute atomic E-state index is 0.151. The van der Waals surface area contributed by atoms with Crippen LogP contribution in [0.4, 0.5) is 5.69 Å². The zero-order valence-electron chi connectivity index (χ0n) is 20.0. The molecule has 4 rings (SSSR count). The van der Waals surface area contributed by atoms with Crippen molar-refractivity contribution < 1.29 is 9.90 Å². The third-order valence-electron chi connectivity index (χ3n) is 6.66. The average Bonchev–Trinajstić information content (AvgIpc) is 3.36. The topological polar surface area (TPSA) is 64.9 Å². The summed E-state index contributed by atoms with van der Waals surface area (Å²) in [7, 11) is 0. The molecule has 2 aromatic carbocycles. The van der Waals surface area contributed by atoms with E-state index in [2.05, 4.69) is 37.1 Å². The van der Waals surface area contributed by atoms with Crippen LogP contribution in [0, 0.1) is 5.41 Å². The Bertz CT molecular complexity index is 1210. The van der Waals surface area contributed by atoms with Crippen molar-refractivity contribution in [1.29, 1.82) is 0 Å². The van der Waals surface area contributed by atoms with Gasteiger partial charge in [0, 0.05) is 15.7 Å². The average molecular weight is 531 g/mol. The number of hydrogen-bond acceptors (Lipinski definition) is 3. The first-order valence-corrected chi connectivity index (χ1v) is 12.8. The molecule has 2 N–H and O–H groups in total. The number of carboxylic acids is 1. The second-order valence-corrected chi connectivity index (χ2v) is 11.4. The highest BCUT2D eigenvalue weighted by molar-refractivity contribution is 7.80. The molecule has 1 saturated carbocycles. The van der Waals surface area contributed by atoms with Gasteiger partial charge in [-0.05, 0) is 66.4 Å². The number of hydrogen-bond donors (Lipinski definition) is 2. The Morgan fingerprint density at radius 2 is 1.91 bits per heavy atom. The van der Waals surface area contributed by atoms with Gasteiger partial charge in [-0.25, -0.2) is 4.79 Å². The number of thiocarbonyl (C=S) groups is 1. The van der Waals surface area contributed by atoms with E-state index in [9.17, 15) is 9.90 Å². The number of benzene rings is 2. The second kappa shape index (κ2) is 9.92. The van der Waals surface area contributed by atoms with Gasteiger partial charge >= 0.3 is 5.97 Å². The molecule has 0 radical (unpaired) electrons. The highest BCUT2D eigenvalue weighted by Gasteiger charge is 2.51. The van der Waals surface area contributed by atoms with Gasteiger partial charge in [-0.3, -0.25) is 4.99 Å². The van der Waals surface area contributed by atoms with Gasteiger partial charge in [0.2, 0.25) is 0 Å². The first-order chi connectivity index (χ1) is 16.5. The van der Waals surface area contributed by atoms with Crippen LogP contribution in [-0.2, 0) is 0 Å². The van der Waals surface area contributed by atoms with Crippen molar-refractivity contribution in [2.75, 3.05) is 4.90 Å². The Morgan fingerprint density at radius 3 is 2.54 bits per heavy atom. The second-order valence-electron chi connectivity index (χ2n) is 10.2. The van der Waals surface area contributed by atoms with Crippen LogP contribution in [0.1, 0.15) is 62.4 Å². The maximum atomic E-state index is 11.6. The van der Waals surface area contributed by atoms with E-state index in [-0.39, 0.29) is 17.0 Å². The summed E-state index contributed by atoms with van der Waals surface area (Å²) in [6, 6.07) is 12.2. The molecule has 8 heteroatoms. The summed E-state index contributed by atoms with van der Waals surface area (Å²) in [4.78, 5) is 18.9. The van der Waals surface area contributed by atoms with E-state index in [1.54, 1.807) is 24.3 Å². The molecule has 184 valence electrons. The van der Waals surface area contributed by atoms with Gasteiger partial charge in [-0.15, -0.1) is 0 Å². The van der Waals surface area contributed by atoms with Gasteiger partial charge in [0.25, 0.3) is 0 Å². The Labute approximate surface area is 221 Å². The van der Waals surface area contributed by atoms with Gasteiger partial charge in [0.1, 0.15) is 11.4 Å². The summed E-state index contributed by atoms with van der Waals surface area (Å²) in [6.45, 7) is 6.45. The number of halogens is 2. The van der Waals surface area contributed by atoms with Gasteiger partial charge < -0.3 is 15.3 Å². The van der Waals surface area contributed by atoms with Crippen LogP contribution in [0.3, 0.4) is 0 Å². The third kappa shape index (κ3) is 5.25. The molecule has 0 amide bonds. The molecule has 0 unspecified atom stereocenters. The van der Waals surface area contributed by atoms with Crippen LogP contribution < -0.4 is 10.2 Å². The quantitative estimate of drug-likeness (QED) is 0.400. The van der Waals surface area contributed by atoms with Crippen LogP contribution in [0.25, 0.3) is 6.08 Å². The molecule has 1 spiro atoms. The Balaban J connectivity index is 1.75. The molecule has 2 fully saturated rings. The summed E-state index contributed by atoms with van der Waals surface area (Å²) in [5, 5.41) is 14.6. The van der Waals surface area contributed by atoms with Crippen molar-refractivity contribution in [2.24, 2.45) is 10.4 Å². The fourth-order valence-corrected chi connectivity index (χ4v) is 5.63. The summed E-state index contributed by atoms with van der Waals surface area (Å²) >= 11 is 18.2. The SMILES string of the molecule is CC(C)(C)[C@@H](/C=C/c1ccc(Cl)cc1Cl)N=C1NC(=S)N(c2cccc(C(=O)O)c2)C12CCCC2. The molecule has 0 bridgehead atoms. The number of amidine groups is 1. The van der Waals surface area contributed by atoms with Crippen LogP contribution in [0.2, 0.25) is 10.0 Å². The largest absolute Gasteiger partial charge is 0.478 e. The lowest BCUT2D eigenvalue weighted by atomic mass is 9.86. The van der Waals surface area contributed by atoms with E-state index in [0.29, 0.717) is 15.2 Å². The monoisotopic (exact) mass is 529 g/mol. The fraction of sp³-hybridized carbons (Fsp3) is 0.370. The lowest BCUT2D eigenvalue weighted by Gasteiger charge is -2.35. The Hall–Kier alpha value is -2.41. The summed E-state index contributed by atoms with van der Waals surface area (Å²) in [5.74, 6) is -0.120. The number of carboxylic acid groups (broad SMARTS) is 1. The van der Waals surface area contributed by atoms with Crippen LogP contribution >= 0.6 is 35.4 Å². The van der Waals surface area contributed by atoms with Gasteiger partial charge in [-0.1, -0.05) is 81.1 Å². The number of nitrogens with one attached hydrogen (secondary N) is 1. The van der Waals surface area contributed by atoms with Gasteiger partial charge in [0.15, 0.2) is 5.11 Å². The fourth-order valence-electron chi connectivity index (χ4n) is 4.78. The van der Waals surface area contributed by atoms with E-state index < -0.39 is 11.5 Å². The molecular formula is C27H29Cl2N3O2S. The van der Waals surface area contributed by atoms with Gasteiger partial charge in [-0.2, -0.15) is 0 Å². The molecule has 1 saturated heterocycles. The van der Waals surface area contributed by atoms with Crippen LogP contribution in [-0.4, -0.2) is 33.6 Å². The normalized spacial score (nSPS) is 19.6. The van der Waals surface area contributed by atoms with Crippen molar-refractivity contribution in [3.05, 3.63) is 69.7 Å². The highest BCUT2D eigenvalue weighted by atomic mass is 35.5. The molecule has 1 atom stereocenters. The van der Waals surface area contributed by atoms with E-state index in [1.165, 1.54) is 0 Å². The zero-order valence-corrected chi connectivity index (χ0v) is 22.3. The zero-order chi connectivity index (χ0) is 25.4. The number of carbonyl (C=O) groups is 1. The van der Waals surface area contributed by atoms with E-state index in [0.717, 1.165) is 42.8 Å². The molecule has 0 aromatic heterocycles. The van der Waals surface area contributed by atoms with Gasteiger partial charge in [0.05, 0.1) is 11.6 Å². The first kappa shape index (κ1) is 25.7. The molecule has 1 heterocycles. The van der Waals surface area contributed by atoms with Crippen molar-refractivity contribution in [2.45, 2.75) is 58.0 Å². The van der Waals surface area contributed by atoms with Crippen molar-refractivity contribution in [3.8, 4) is 0 Å². The van der Waals surface area contributed by atoms with Crippen LogP contribution in [0.15, 0.2) is 53.5 Å². The van der Waals surface area contributed by atoms with E-state index in [4.69, 9.17) is 40.4 Å². The molecule has 2 aromatic rings. The Kier molecular flexibility index (Phi) is 7.28. The smallest absolute Gasteiger partial charge is 0.335 e. The maximum absolute atomic E-state index is 11.6. The minimum Gasteiger partial charge on any atom is -0.478 e. The predicted octanol–water partition coefficient (Wildman–Crippen LogP) is 7.23. The predicted molar refractivity (Wildman–Crippen MR) is 149 cm³/mol. The maximum Gasteiger partial charge on any atom is 0.335 e. The first-order valence-electron chi connectivity index (χ1n) is 11.7. The Morgan fingerprint density at radius 1 is 1.20 bits per heavy atom. The summed E-state index contributed by atoms with van der Waals surface area (Å²) in [5.41, 5.74) is 1.30. The lowest BCUT2D eigenvalue weighted by molar-refractivity contribution is 0.0697. The lowest BCUT2D eigenvalue weighted by Crippen LogP contribution is -2.48. The number of nitrogens with zero attached hydrogens (tertiary/aromatic N) is 2. The number of anilines is 1.